The largest absolute Gasteiger partial charge is 0.506 e. The van der Waals surface area contributed by atoms with Crippen LogP contribution >= 0.6 is 0 Å². The summed E-state index contributed by atoms with van der Waals surface area (Å²) in [7, 11) is 0. The lowest BCUT2D eigenvalue weighted by atomic mass is 9.96. The first-order valence-electron chi connectivity index (χ1n) is 11.3. The summed E-state index contributed by atoms with van der Waals surface area (Å²) in [6, 6.07) is 18.1. The van der Waals surface area contributed by atoms with Crippen LogP contribution in [0.25, 0.3) is 44.2 Å². The van der Waals surface area contributed by atoms with Gasteiger partial charge >= 0.3 is 5.63 Å². The quantitative estimate of drug-likeness (QED) is 0.378. The van der Waals surface area contributed by atoms with E-state index in [2.05, 4.69) is 15.0 Å². The third kappa shape index (κ3) is 3.37. The molecule has 6 aromatic rings. The number of anilines is 1. The minimum absolute atomic E-state index is 0.00874. The molecule has 9 nitrogen and oxygen atoms in total. The Labute approximate surface area is 204 Å². The topological polar surface area (TPSA) is 133 Å². The molecule has 3 N–H and O–H groups in total. The number of hydrogen-bond donors (Lipinski definition) is 2. The summed E-state index contributed by atoms with van der Waals surface area (Å²) in [5.74, 6) is 0.665. The third-order valence-corrected chi connectivity index (χ3v) is 6.19. The molecule has 36 heavy (non-hydrogen) atoms. The predicted octanol–water partition coefficient (Wildman–Crippen LogP) is 4.56. The molecule has 0 spiro atoms. The number of rotatable bonds is 4. The minimum Gasteiger partial charge on any atom is -0.506 e. The zero-order valence-corrected chi connectivity index (χ0v) is 19.2. The number of aromatic hydroxyl groups is 1. The van der Waals surface area contributed by atoms with E-state index in [0.717, 1.165) is 16.5 Å². The molecule has 0 amide bonds. The Kier molecular flexibility index (Phi) is 4.96. The molecule has 1 atom stereocenters. The number of hydrogen-bond acceptors (Lipinski definition) is 8. The second-order valence-corrected chi connectivity index (χ2v) is 8.40. The highest BCUT2D eigenvalue weighted by molar-refractivity contribution is 5.99. The molecule has 4 aromatic heterocycles. The first kappa shape index (κ1) is 21.5. The highest BCUT2D eigenvalue weighted by Gasteiger charge is 2.26. The van der Waals surface area contributed by atoms with Crippen molar-refractivity contribution in [2.75, 3.05) is 5.73 Å². The highest BCUT2D eigenvalue weighted by Crippen LogP contribution is 2.38. The monoisotopic (exact) mass is 476 g/mol. The van der Waals surface area contributed by atoms with E-state index in [-0.39, 0.29) is 11.6 Å². The van der Waals surface area contributed by atoms with E-state index in [4.69, 9.17) is 15.2 Å². The van der Waals surface area contributed by atoms with Crippen LogP contribution in [0.15, 0.2) is 88.6 Å². The van der Waals surface area contributed by atoms with Crippen molar-refractivity contribution in [1.82, 2.24) is 24.7 Å². The maximum absolute atomic E-state index is 13.0. The van der Waals surface area contributed by atoms with E-state index in [1.54, 1.807) is 23.0 Å². The molecule has 176 valence electrons. The van der Waals surface area contributed by atoms with Gasteiger partial charge in [-0.25, -0.2) is 19.4 Å². The maximum atomic E-state index is 13.0. The highest BCUT2D eigenvalue weighted by atomic mass is 16.4. The smallest absolute Gasteiger partial charge is 0.343 e. The van der Waals surface area contributed by atoms with Gasteiger partial charge in [-0.1, -0.05) is 48.5 Å². The van der Waals surface area contributed by atoms with E-state index >= 15 is 0 Å². The predicted molar refractivity (Wildman–Crippen MR) is 136 cm³/mol. The van der Waals surface area contributed by atoms with Gasteiger partial charge in [-0.15, -0.1) is 0 Å². The molecule has 0 saturated heterocycles. The summed E-state index contributed by atoms with van der Waals surface area (Å²) in [6.45, 7) is 1.88. The molecule has 0 bridgehead atoms. The van der Waals surface area contributed by atoms with E-state index in [1.165, 1.54) is 12.5 Å². The lowest BCUT2D eigenvalue weighted by Crippen LogP contribution is -2.14. The molecule has 1 unspecified atom stereocenters. The number of aromatic nitrogens is 5. The van der Waals surface area contributed by atoms with Crippen molar-refractivity contribution in [3.8, 4) is 28.1 Å². The SMILES string of the molecule is CC(c1oc(=O)c2ccccc2c1-c1ccccc1)n1nc(-c2cncc(O)c2)c2c(N)ncnc21. The number of fused-ring (bicyclic) bond motifs is 2. The summed E-state index contributed by atoms with van der Waals surface area (Å²) in [6.07, 6.45) is 4.28. The van der Waals surface area contributed by atoms with Crippen LogP contribution in [0.4, 0.5) is 5.82 Å². The Morgan fingerprint density at radius 1 is 0.972 bits per heavy atom. The normalized spacial score (nSPS) is 12.2. The van der Waals surface area contributed by atoms with Crippen LogP contribution < -0.4 is 11.4 Å². The Balaban J connectivity index is 1.65. The second kappa shape index (κ2) is 8.31. The zero-order chi connectivity index (χ0) is 24.8. The molecular formula is C27H20N6O3. The molecule has 0 aliphatic heterocycles. The van der Waals surface area contributed by atoms with Gasteiger partial charge in [0.05, 0.1) is 17.0 Å². The Morgan fingerprint density at radius 2 is 1.72 bits per heavy atom. The number of nitrogens with two attached hydrogens (primary N) is 1. The van der Waals surface area contributed by atoms with Crippen LogP contribution in [0.2, 0.25) is 0 Å². The van der Waals surface area contributed by atoms with Crippen molar-refractivity contribution in [3.63, 3.8) is 0 Å². The number of benzene rings is 2. The molecular weight excluding hydrogens is 456 g/mol. The number of nitrogens with zero attached hydrogens (tertiary/aromatic N) is 5. The molecule has 0 radical (unpaired) electrons. The van der Waals surface area contributed by atoms with E-state index in [1.807, 2.05) is 55.5 Å². The Morgan fingerprint density at radius 3 is 2.50 bits per heavy atom. The van der Waals surface area contributed by atoms with Crippen LogP contribution in [-0.2, 0) is 0 Å². The average molecular weight is 476 g/mol. The summed E-state index contributed by atoms with van der Waals surface area (Å²) < 4.78 is 7.62. The molecule has 0 aliphatic rings. The zero-order valence-electron chi connectivity index (χ0n) is 19.2. The van der Waals surface area contributed by atoms with Crippen molar-refractivity contribution < 1.29 is 9.52 Å². The van der Waals surface area contributed by atoms with E-state index < -0.39 is 11.7 Å². The fourth-order valence-corrected chi connectivity index (χ4v) is 4.55. The van der Waals surface area contributed by atoms with Crippen molar-refractivity contribution in [2.45, 2.75) is 13.0 Å². The van der Waals surface area contributed by atoms with Gasteiger partial charge in [-0.05, 0) is 24.6 Å². The van der Waals surface area contributed by atoms with Gasteiger partial charge < -0.3 is 15.3 Å². The molecule has 6 rings (SSSR count). The summed E-state index contributed by atoms with van der Waals surface area (Å²) >= 11 is 0. The third-order valence-electron chi connectivity index (χ3n) is 6.19. The van der Waals surface area contributed by atoms with Crippen molar-refractivity contribution >= 4 is 27.6 Å². The molecule has 0 saturated carbocycles. The Hall–Kier alpha value is -5.05. The summed E-state index contributed by atoms with van der Waals surface area (Å²) in [5.41, 5.74) is 8.98. The van der Waals surface area contributed by atoms with Gasteiger partial charge in [0.2, 0.25) is 0 Å². The van der Waals surface area contributed by atoms with Crippen LogP contribution in [0.5, 0.6) is 5.75 Å². The molecule has 4 heterocycles. The number of pyridine rings is 1. The second-order valence-electron chi connectivity index (χ2n) is 8.40. The molecule has 0 fully saturated rings. The average Bonchev–Trinajstić information content (AvgIpc) is 3.30. The van der Waals surface area contributed by atoms with Crippen molar-refractivity contribution in [3.05, 3.63) is 95.6 Å². The molecule has 0 aliphatic carbocycles. The fraction of sp³-hybridized carbons (Fsp3) is 0.0741. The Bertz CT molecular complexity index is 1810. The molecule has 9 heteroatoms. The minimum atomic E-state index is -0.548. The summed E-state index contributed by atoms with van der Waals surface area (Å²) in [5, 5.41) is 16.6. The van der Waals surface area contributed by atoms with Crippen LogP contribution in [-0.4, -0.2) is 29.8 Å². The lowest BCUT2D eigenvalue weighted by Gasteiger charge is -2.18. The fourth-order valence-electron chi connectivity index (χ4n) is 4.55. The van der Waals surface area contributed by atoms with Gasteiger partial charge in [0.15, 0.2) is 5.65 Å². The van der Waals surface area contributed by atoms with Gasteiger partial charge in [0.1, 0.15) is 35.4 Å². The van der Waals surface area contributed by atoms with Crippen molar-refractivity contribution in [2.24, 2.45) is 0 Å². The van der Waals surface area contributed by atoms with Crippen molar-refractivity contribution in [1.29, 1.82) is 0 Å². The first-order valence-corrected chi connectivity index (χ1v) is 11.3. The van der Waals surface area contributed by atoms with Crippen LogP contribution in [0.3, 0.4) is 0 Å². The maximum Gasteiger partial charge on any atom is 0.343 e. The van der Waals surface area contributed by atoms with E-state index in [0.29, 0.717) is 33.4 Å². The first-order chi connectivity index (χ1) is 17.5. The molecule has 2 aromatic carbocycles. The standard InChI is InChI=1S/C27H20N6O3/c1-15(24-21(16-7-3-2-4-8-16)19-9-5-6-10-20(19)27(35)36-24)33-26-22(25(28)30-14-31-26)23(32-33)17-11-18(34)13-29-12-17/h2-15,34H,1H3,(H2,28,30,31). The van der Waals surface area contributed by atoms with Gasteiger partial charge in [-0.2, -0.15) is 5.10 Å². The van der Waals surface area contributed by atoms with Gasteiger partial charge in [-0.3, -0.25) is 4.98 Å². The van der Waals surface area contributed by atoms with Gasteiger partial charge in [0.25, 0.3) is 0 Å². The van der Waals surface area contributed by atoms with E-state index in [9.17, 15) is 9.90 Å². The van der Waals surface area contributed by atoms with Crippen LogP contribution in [0.1, 0.15) is 18.7 Å². The van der Waals surface area contributed by atoms with Gasteiger partial charge in [0, 0.05) is 22.7 Å². The lowest BCUT2D eigenvalue weighted by molar-refractivity contribution is 0.405. The van der Waals surface area contributed by atoms with Crippen LogP contribution in [0, 0.1) is 0 Å². The number of nitrogen functional groups attached to an aromatic ring is 1. The summed E-state index contributed by atoms with van der Waals surface area (Å²) in [4.78, 5) is 25.7.